The summed E-state index contributed by atoms with van der Waals surface area (Å²) in [6.07, 6.45) is 2.67. The van der Waals surface area contributed by atoms with Gasteiger partial charge in [0.1, 0.15) is 5.82 Å². The third kappa shape index (κ3) is 1.75. The largest absolute Gasteiger partial charge is 0.334 e. The second kappa shape index (κ2) is 3.14. The molecule has 1 N–H and O–H groups in total. The van der Waals surface area contributed by atoms with Gasteiger partial charge in [-0.3, -0.25) is 0 Å². The molecule has 0 unspecified atom stereocenters. The summed E-state index contributed by atoms with van der Waals surface area (Å²) in [4.78, 5) is 4.51. The van der Waals surface area contributed by atoms with Crippen molar-refractivity contribution in [1.29, 1.82) is 0 Å². The van der Waals surface area contributed by atoms with E-state index in [0.29, 0.717) is 0 Å². The van der Waals surface area contributed by atoms with Crippen molar-refractivity contribution in [3.8, 4) is 0 Å². The minimum Gasteiger partial charge on any atom is -0.334 e. The molecule has 0 saturated heterocycles. The third-order valence-corrected chi connectivity index (χ3v) is 2.84. The Hall–Kier alpha value is -0.830. The van der Waals surface area contributed by atoms with E-state index >= 15 is 0 Å². The first-order valence-electron chi connectivity index (χ1n) is 4.90. The molecular weight excluding hydrogens is 162 g/mol. The van der Waals surface area contributed by atoms with Crippen LogP contribution in [0.25, 0.3) is 0 Å². The predicted octanol–water partition coefficient (Wildman–Crippen LogP) is 1.29. The SMILES string of the molecule is Cc1nc(CNC2CC2)n(C)c1C. The monoisotopic (exact) mass is 179 g/mol. The molecule has 72 valence electrons. The summed E-state index contributed by atoms with van der Waals surface area (Å²) in [6, 6.07) is 0.761. The highest BCUT2D eigenvalue weighted by Gasteiger charge is 2.21. The fraction of sp³-hybridized carbons (Fsp3) is 0.700. The Labute approximate surface area is 79.2 Å². The number of aromatic nitrogens is 2. The van der Waals surface area contributed by atoms with Crippen molar-refractivity contribution in [1.82, 2.24) is 14.9 Å². The molecule has 0 aliphatic heterocycles. The standard InChI is InChI=1S/C10H17N3/c1-7-8(2)13(3)10(12-7)6-11-9-4-5-9/h9,11H,4-6H2,1-3H3. The van der Waals surface area contributed by atoms with E-state index in [1.54, 1.807) is 0 Å². The Morgan fingerprint density at radius 3 is 2.62 bits per heavy atom. The summed E-state index contributed by atoms with van der Waals surface area (Å²) in [5.74, 6) is 1.15. The molecule has 3 nitrogen and oxygen atoms in total. The number of rotatable bonds is 3. The molecule has 1 fully saturated rings. The van der Waals surface area contributed by atoms with E-state index in [-0.39, 0.29) is 0 Å². The molecule has 0 atom stereocenters. The third-order valence-electron chi connectivity index (χ3n) is 2.84. The fourth-order valence-corrected chi connectivity index (χ4v) is 1.47. The molecule has 0 aromatic carbocycles. The smallest absolute Gasteiger partial charge is 0.122 e. The summed E-state index contributed by atoms with van der Waals surface area (Å²) in [5.41, 5.74) is 2.42. The van der Waals surface area contributed by atoms with Gasteiger partial charge in [0, 0.05) is 18.8 Å². The summed E-state index contributed by atoms with van der Waals surface area (Å²) in [5, 5.41) is 3.47. The minimum absolute atomic E-state index is 0.761. The van der Waals surface area contributed by atoms with Crippen LogP contribution in [0.4, 0.5) is 0 Å². The Balaban J connectivity index is 2.05. The van der Waals surface area contributed by atoms with Crippen LogP contribution in [-0.4, -0.2) is 15.6 Å². The zero-order chi connectivity index (χ0) is 9.42. The van der Waals surface area contributed by atoms with Gasteiger partial charge in [0.2, 0.25) is 0 Å². The van der Waals surface area contributed by atoms with Crippen molar-refractivity contribution in [3.05, 3.63) is 17.2 Å². The van der Waals surface area contributed by atoms with Crippen LogP contribution in [-0.2, 0) is 13.6 Å². The molecule has 0 amide bonds. The average Bonchev–Trinajstić information content (AvgIpc) is 2.89. The van der Waals surface area contributed by atoms with Crippen LogP contribution >= 0.6 is 0 Å². The number of hydrogen-bond acceptors (Lipinski definition) is 2. The highest BCUT2D eigenvalue weighted by Crippen LogP contribution is 2.19. The maximum atomic E-state index is 4.51. The number of hydrogen-bond donors (Lipinski definition) is 1. The molecule has 0 radical (unpaired) electrons. The van der Waals surface area contributed by atoms with Crippen LogP contribution in [0.1, 0.15) is 30.1 Å². The van der Waals surface area contributed by atoms with Crippen LogP contribution < -0.4 is 5.32 Å². The summed E-state index contributed by atoms with van der Waals surface area (Å²) >= 11 is 0. The maximum absolute atomic E-state index is 4.51. The molecule has 3 heteroatoms. The van der Waals surface area contributed by atoms with Crippen molar-refractivity contribution >= 4 is 0 Å². The lowest BCUT2D eigenvalue weighted by Gasteiger charge is -2.03. The summed E-state index contributed by atoms with van der Waals surface area (Å²) in [7, 11) is 2.08. The topological polar surface area (TPSA) is 29.9 Å². The molecular formula is C10H17N3. The van der Waals surface area contributed by atoms with Crippen LogP contribution in [0.3, 0.4) is 0 Å². The highest BCUT2D eigenvalue weighted by atomic mass is 15.1. The quantitative estimate of drug-likeness (QED) is 0.757. The Morgan fingerprint density at radius 1 is 1.46 bits per heavy atom. The number of imidazole rings is 1. The van der Waals surface area contributed by atoms with E-state index in [2.05, 4.69) is 35.8 Å². The average molecular weight is 179 g/mol. The lowest BCUT2D eigenvalue weighted by atomic mass is 10.4. The van der Waals surface area contributed by atoms with Crippen LogP contribution in [0, 0.1) is 13.8 Å². The first-order valence-corrected chi connectivity index (χ1v) is 4.90. The molecule has 0 spiro atoms. The molecule has 1 aliphatic carbocycles. The Bertz CT molecular complexity index is 310. The number of aryl methyl sites for hydroxylation is 1. The van der Waals surface area contributed by atoms with Gasteiger partial charge >= 0.3 is 0 Å². The van der Waals surface area contributed by atoms with E-state index in [0.717, 1.165) is 24.1 Å². The Morgan fingerprint density at radius 2 is 2.15 bits per heavy atom. The molecule has 1 aromatic rings. The predicted molar refractivity (Wildman–Crippen MR) is 52.5 cm³/mol. The normalized spacial score (nSPS) is 16.5. The molecule has 1 heterocycles. The zero-order valence-corrected chi connectivity index (χ0v) is 8.59. The number of nitrogens with zero attached hydrogens (tertiary/aromatic N) is 2. The minimum atomic E-state index is 0.761. The van der Waals surface area contributed by atoms with Crippen molar-refractivity contribution in [2.24, 2.45) is 7.05 Å². The van der Waals surface area contributed by atoms with Gasteiger partial charge in [0.05, 0.1) is 12.2 Å². The zero-order valence-electron chi connectivity index (χ0n) is 8.59. The molecule has 1 aliphatic rings. The van der Waals surface area contributed by atoms with E-state index in [1.165, 1.54) is 18.5 Å². The van der Waals surface area contributed by atoms with Gasteiger partial charge in [-0.1, -0.05) is 0 Å². The summed E-state index contributed by atoms with van der Waals surface area (Å²) < 4.78 is 2.17. The highest BCUT2D eigenvalue weighted by molar-refractivity contribution is 5.13. The molecule has 1 aromatic heterocycles. The van der Waals surface area contributed by atoms with Gasteiger partial charge in [0.15, 0.2) is 0 Å². The fourth-order valence-electron chi connectivity index (χ4n) is 1.47. The molecule has 0 bridgehead atoms. The van der Waals surface area contributed by atoms with Crippen molar-refractivity contribution < 1.29 is 0 Å². The van der Waals surface area contributed by atoms with Gasteiger partial charge in [-0.2, -0.15) is 0 Å². The van der Waals surface area contributed by atoms with Crippen molar-refractivity contribution in [2.45, 2.75) is 39.3 Å². The van der Waals surface area contributed by atoms with Gasteiger partial charge in [-0.15, -0.1) is 0 Å². The van der Waals surface area contributed by atoms with E-state index in [1.807, 2.05) is 0 Å². The molecule has 1 saturated carbocycles. The van der Waals surface area contributed by atoms with Crippen LogP contribution in [0.15, 0.2) is 0 Å². The number of nitrogens with one attached hydrogen (secondary N) is 1. The van der Waals surface area contributed by atoms with Gasteiger partial charge < -0.3 is 9.88 Å². The first kappa shape index (κ1) is 8.75. The summed E-state index contributed by atoms with van der Waals surface area (Å²) in [6.45, 7) is 5.09. The van der Waals surface area contributed by atoms with Crippen molar-refractivity contribution in [3.63, 3.8) is 0 Å². The second-order valence-corrected chi connectivity index (χ2v) is 3.91. The molecule has 2 rings (SSSR count). The molecule has 13 heavy (non-hydrogen) atoms. The Kier molecular flexibility index (Phi) is 2.12. The van der Waals surface area contributed by atoms with Gasteiger partial charge in [-0.05, 0) is 26.7 Å². The van der Waals surface area contributed by atoms with E-state index < -0.39 is 0 Å². The maximum Gasteiger partial charge on any atom is 0.122 e. The van der Waals surface area contributed by atoms with Crippen molar-refractivity contribution in [2.75, 3.05) is 0 Å². The van der Waals surface area contributed by atoms with Gasteiger partial charge in [0.25, 0.3) is 0 Å². The lowest BCUT2D eigenvalue weighted by Crippen LogP contribution is -2.18. The lowest BCUT2D eigenvalue weighted by molar-refractivity contribution is 0.631. The van der Waals surface area contributed by atoms with Gasteiger partial charge in [-0.25, -0.2) is 4.98 Å². The van der Waals surface area contributed by atoms with E-state index in [4.69, 9.17) is 0 Å². The van der Waals surface area contributed by atoms with Crippen LogP contribution in [0.5, 0.6) is 0 Å². The van der Waals surface area contributed by atoms with E-state index in [9.17, 15) is 0 Å². The van der Waals surface area contributed by atoms with Crippen LogP contribution in [0.2, 0.25) is 0 Å². The second-order valence-electron chi connectivity index (χ2n) is 3.91. The first-order chi connectivity index (χ1) is 6.18.